The van der Waals surface area contributed by atoms with Crippen LogP contribution in [-0.2, 0) is 32.7 Å². The summed E-state index contributed by atoms with van der Waals surface area (Å²) in [6.07, 6.45) is 49.7. The lowest BCUT2D eigenvalue weighted by Crippen LogP contribution is -2.37. The number of unbranched alkanes of at least 4 members (excludes halogenated alkanes) is 13. The summed E-state index contributed by atoms with van der Waals surface area (Å²) in [6, 6.07) is 0. The van der Waals surface area contributed by atoms with Gasteiger partial charge in [-0.15, -0.1) is 0 Å². The van der Waals surface area contributed by atoms with E-state index in [1.54, 1.807) is 6.08 Å². The molecule has 0 bridgehead atoms. The lowest BCUT2D eigenvalue weighted by molar-refractivity contribution is -0.870. The fraction of sp³-hybridized carbons (Fsp3) is 0.680. The Morgan fingerprint density at radius 3 is 1.77 bits per heavy atom. The minimum absolute atomic E-state index is 0.00901. The molecule has 0 rings (SSSR count). The van der Waals surface area contributed by atoms with Crippen LogP contribution >= 0.6 is 7.82 Å². The number of hydrogen-bond acceptors (Lipinski definition) is 8. The Balaban J connectivity index is 4.49. The Kier molecular flexibility index (Phi) is 39.3. The first-order chi connectivity index (χ1) is 29.4. The molecule has 61 heavy (non-hydrogen) atoms. The summed E-state index contributed by atoms with van der Waals surface area (Å²) in [4.78, 5) is 35.4. The normalized spacial score (nSPS) is 14.8. The molecule has 2 N–H and O–H groups in total. The van der Waals surface area contributed by atoms with Gasteiger partial charge in [0.25, 0.3) is 0 Å². The van der Waals surface area contributed by atoms with Crippen molar-refractivity contribution in [2.24, 2.45) is 0 Å². The van der Waals surface area contributed by atoms with Gasteiger partial charge < -0.3 is 24.0 Å². The zero-order valence-corrected chi connectivity index (χ0v) is 39.9. The second-order valence-corrected chi connectivity index (χ2v) is 18.1. The molecule has 0 aromatic rings. The van der Waals surface area contributed by atoms with Gasteiger partial charge in [-0.2, -0.15) is 0 Å². The van der Waals surface area contributed by atoms with Crippen LogP contribution in [0.3, 0.4) is 0 Å². The van der Waals surface area contributed by atoms with Gasteiger partial charge in [0.05, 0.1) is 33.9 Å². The van der Waals surface area contributed by atoms with Crippen molar-refractivity contribution in [2.45, 2.75) is 174 Å². The number of rotatable bonds is 41. The minimum atomic E-state index is -4.41. The number of nitrogens with zero attached hydrogens (tertiary/aromatic N) is 1. The van der Waals surface area contributed by atoms with Gasteiger partial charge in [0, 0.05) is 12.8 Å². The highest BCUT2D eigenvalue weighted by atomic mass is 31.2. The first kappa shape index (κ1) is 58.1. The molecule has 0 aliphatic carbocycles. The topological polar surface area (TPSA) is 129 Å². The van der Waals surface area contributed by atoms with Crippen molar-refractivity contribution < 1.29 is 47.2 Å². The molecule has 0 amide bonds. The zero-order chi connectivity index (χ0) is 45.1. The van der Waals surface area contributed by atoms with E-state index in [0.717, 1.165) is 51.4 Å². The molecule has 3 atom stereocenters. The summed E-state index contributed by atoms with van der Waals surface area (Å²) >= 11 is 0. The van der Waals surface area contributed by atoms with Crippen LogP contribution < -0.4 is 0 Å². The third kappa shape index (κ3) is 45.0. The summed E-state index contributed by atoms with van der Waals surface area (Å²) in [6.45, 7) is 4.10. The predicted molar refractivity (Wildman–Crippen MR) is 253 cm³/mol. The fourth-order valence-electron chi connectivity index (χ4n) is 5.82. The number of carbonyl (C=O) groups is 2. The van der Waals surface area contributed by atoms with E-state index in [4.69, 9.17) is 18.5 Å². The van der Waals surface area contributed by atoms with Gasteiger partial charge in [-0.1, -0.05) is 163 Å². The van der Waals surface area contributed by atoms with Crippen molar-refractivity contribution in [2.75, 3.05) is 47.5 Å². The predicted octanol–water partition coefficient (Wildman–Crippen LogP) is 12.5. The maximum atomic E-state index is 12.7. The largest absolute Gasteiger partial charge is 0.472 e. The monoisotopic (exact) mass is 877 g/mol. The Hall–Kier alpha value is -2.85. The quantitative estimate of drug-likeness (QED) is 0.0154. The third-order valence-corrected chi connectivity index (χ3v) is 10.5. The molecule has 0 aromatic carbocycles. The van der Waals surface area contributed by atoms with Gasteiger partial charge in [0.2, 0.25) is 0 Å². The van der Waals surface area contributed by atoms with E-state index in [-0.39, 0.29) is 26.1 Å². The molecular weight excluding hydrogens is 790 g/mol. The molecule has 0 saturated heterocycles. The molecule has 350 valence electrons. The van der Waals surface area contributed by atoms with E-state index in [0.29, 0.717) is 30.3 Å². The Bertz CT molecular complexity index is 1330. The SMILES string of the molecule is CC/C=C\CC(O)/C=C/C=C/C/C=C\C/C=C\C/C=C\CCC(=O)OC[C@H](COP(=O)(O)OCC[N+](C)(C)C)OC(=O)CCCCCCCCC/C=C\CCCCCCCC. The van der Waals surface area contributed by atoms with Gasteiger partial charge >= 0.3 is 19.8 Å². The molecule has 2 unspecified atom stereocenters. The lowest BCUT2D eigenvalue weighted by Gasteiger charge is -2.24. The van der Waals surface area contributed by atoms with Gasteiger partial charge in [-0.25, -0.2) is 4.57 Å². The fourth-order valence-corrected chi connectivity index (χ4v) is 6.57. The number of likely N-dealkylation sites (N-methyl/N-ethyl adjacent to an activating group) is 1. The molecule has 0 radical (unpaired) electrons. The molecule has 10 nitrogen and oxygen atoms in total. The maximum Gasteiger partial charge on any atom is 0.472 e. The van der Waals surface area contributed by atoms with Crippen molar-refractivity contribution in [3.05, 3.63) is 85.1 Å². The van der Waals surface area contributed by atoms with Crippen molar-refractivity contribution in [3.8, 4) is 0 Å². The van der Waals surface area contributed by atoms with Crippen LogP contribution in [0.4, 0.5) is 0 Å². The Morgan fingerprint density at radius 1 is 0.607 bits per heavy atom. The number of carbonyl (C=O) groups excluding carboxylic acids is 2. The number of phosphoric ester groups is 1. The van der Waals surface area contributed by atoms with Crippen LogP contribution in [0.1, 0.15) is 162 Å². The summed E-state index contributed by atoms with van der Waals surface area (Å²) in [5.41, 5.74) is 0. The third-order valence-electron chi connectivity index (χ3n) is 9.50. The average molecular weight is 877 g/mol. The second-order valence-electron chi connectivity index (χ2n) is 16.6. The second kappa shape index (κ2) is 41.2. The summed E-state index contributed by atoms with van der Waals surface area (Å²) in [5.74, 6) is -0.929. The molecule has 0 fully saturated rings. The number of aliphatic hydroxyl groups excluding tert-OH is 1. The number of esters is 2. The van der Waals surface area contributed by atoms with E-state index in [1.807, 2.05) is 57.6 Å². The number of allylic oxidation sites excluding steroid dienone is 12. The van der Waals surface area contributed by atoms with Gasteiger partial charge in [-0.3, -0.25) is 18.6 Å². The maximum absolute atomic E-state index is 12.7. The zero-order valence-electron chi connectivity index (χ0n) is 39.0. The number of ether oxygens (including phenoxy) is 2. The average Bonchev–Trinajstić information content (AvgIpc) is 3.21. The van der Waals surface area contributed by atoms with Crippen molar-refractivity contribution >= 4 is 19.8 Å². The van der Waals surface area contributed by atoms with Gasteiger partial charge in [-0.05, 0) is 70.6 Å². The number of phosphoric acid groups is 1. The lowest BCUT2D eigenvalue weighted by atomic mass is 10.1. The van der Waals surface area contributed by atoms with Gasteiger partial charge in [0.1, 0.15) is 19.8 Å². The van der Waals surface area contributed by atoms with Crippen molar-refractivity contribution in [3.63, 3.8) is 0 Å². The Morgan fingerprint density at radius 2 is 1.16 bits per heavy atom. The molecule has 0 aromatic heterocycles. The van der Waals surface area contributed by atoms with Gasteiger partial charge in [0.15, 0.2) is 6.10 Å². The molecule has 0 heterocycles. The molecule has 0 aliphatic heterocycles. The highest BCUT2D eigenvalue weighted by Crippen LogP contribution is 2.43. The number of quaternary nitrogens is 1. The highest BCUT2D eigenvalue weighted by Gasteiger charge is 2.27. The smallest absolute Gasteiger partial charge is 0.462 e. The summed E-state index contributed by atoms with van der Waals surface area (Å²) in [7, 11) is 1.40. The van der Waals surface area contributed by atoms with E-state index in [2.05, 4.69) is 56.4 Å². The Labute approximate surface area is 372 Å². The van der Waals surface area contributed by atoms with E-state index >= 15 is 0 Å². The van der Waals surface area contributed by atoms with Crippen LogP contribution in [0.5, 0.6) is 0 Å². The summed E-state index contributed by atoms with van der Waals surface area (Å²) < 4.78 is 34.2. The van der Waals surface area contributed by atoms with Crippen LogP contribution in [0.2, 0.25) is 0 Å². The minimum Gasteiger partial charge on any atom is -0.462 e. The van der Waals surface area contributed by atoms with E-state index in [1.165, 1.54) is 64.2 Å². The first-order valence-corrected chi connectivity index (χ1v) is 24.9. The molecule has 0 spiro atoms. The standard InChI is InChI=1S/C50H86NO9P/c1-6-8-10-11-12-13-14-15-16-17-18-21-25-28-31-34-38-42-50(54)60-48(46-59-61(55,56)58-44-43-51(3,4)5)45-57-49(53)41-37-33-30-27-24-22-19-20-23-26-29-32-36-40-47(52)39-35-9-7-2/h9,15-16,20,22-24,29-30,32-33,35-36,40,47-48,52H,6-8,10-14,17-19,21,25-28,31,34,37-39,41-46H2,1-5H3/p+1/b16-15-,23-20-,24-22-,32-29+,33-30-,35-9-,40-36+/t47?,48-/m1/s1. The van der Waals surface area contributed by atoms with E-state index in [9.17, 15) is 24.2 Å². The van der Waals surface area contributed by atoms with Crippen LogP contribution in [0.15, 0.2) is 85.1 Å². The van der Waals surface area contributed by atoms with Crippen LogP contribution in [-0.4, -0.2) is 86.1 Å². The number of aliphatic hydroxyl groups is 1. The van der Waals surface area contributed by atoms with Crippen molar-refractivity contribution in [1.29, 1.82) is 0 Å². The van der Waals surface area contributed by atoms with Crippen molar-refractivity contribution in [1.82, 2.24) is 0 Å². The van der Waals surface area contributed by atoms with E-state index < -0.39 is 38.6 Å². The molecular formula is C50H87NO9P+. The number of hydrogen-bond donors (Lipinski definition) is 2. The first-order valence-electron chi connectivity index (χ1n) is 23.4. The highest BCUT2D eigenvalue weighted by molar-refractivity contribution is 7.47. The molecule has 0 saturated carbocycles. The van der Waals surface area contributed by atoms with Crippen LogP contribution in [0.25, 0.3) is 0 Å². The molecule has 0 aliphatic rings. The molecule has 11 heteroatoms. The van der Waals surface area contributed by atoms with Crippen LogP contribution in [0, 0.1) is 0 Å². The summed E-state index contributed by atoms with van der Waals surface area (Å²) in [5, 5.41) is 9.85.